The number of carbonyl (C=O) groups excluding carboxylic acids is 3. The van der Waals surface area contributed by atoms with E-state index in [1.54, 1.807) is 4.90 Å². The third kappa shape index (κ3) is 7.67. The number of rotatable bonds is 10. The molecule has 6 nitrogen and oxygen atoms in total. The number of likely N-dealkylation sites (tertiary alicyclic amines) is 1. The Morgan fingerprint density at radius 1 is 1.06 bits per heavy atom. The first-order valence-electron chi connectivity index (χ1n) is 11.8. The van der Waals surface area contributed by atoms with Crippen molar-refractivity contribution in [3.63, 3.8) is 0 Å². The second kappa shape index (κ2) is 12.5. The third-order valence-corrected chi connectivity index (χ3v) is 6.09. The van der Waals surface area contributed by atoms with E-state index in [4.69, 9.17) is 0 Å². The fourth-order valence-electron chi connectivity index (χ4n) is 4.25. The van der Waals surface area contributed by atoms with Crippen LogP contribution < -0.4 is 5.32 Å². The van der Waals surface area contributed by atoms with Crippen molar-refractivity contribution in [2.45, 2.75) is 65.8 Å². The van der Waals surface area contributed by atoms with Gasteiger partial charge in [-0.25, -0.2) is 0 Å². The Bertz CT molecular complexity index is 708. The molecule has 0 saturated carbocycles. The lowest BCUT2D eigenvalue weighted by atomic mass is 9.88. The molecular weight excluding hydrogens is 390 g/mol. The summed E-state index contributed by atoms with van der Waals surface area (Å²) in [6, 6.07) is 9.54. The minimum atomic E-state index is -0.507. The summed E-state index contributed by atoms with van der Waals surface area (Å²) in [5, 5.41) is 3.02. The van der Waals surface area contributed by atoms with Crippen molar-refractivity contribution in [2.75, 3.05) is 26.2 Å². The molecule has 172 valence electrons. The maximum atomic E-state index is 13.1. The van der Waals surface area contributed by atoms with Crippen LogP contribution in [0.1, 0.15) is 58.9 Å². The zero-order valence-electron chi connectivity index (χ0n) is 19.6. The van der Waals surface area contributed by atoms with E-state index >= 15 is 0 Å². The lowest BCUT2D eigenvalue weighted by Crippen LogP contribution is -2.54. The Morgan fingerprint density at radius 3 is 2.23 bits per heavy atom. The number of aryl methyl sites for hydroxylation is 1. The molecule has 0 radical (unpaired) electrons. The van der Waals surface area contributed by atoms with Crippen LogP contribution in [0.5, 0.6) is 0 Å². The normalized spacial score (nSPS) is 15.6. The fraction of sp³-hybridized carbons (Fsp3) is 0.640. The van der Waals surface area contributed by atoms with E-state index < -0.39 is 6.04 Å². The molecule has 0 spiro atoms. The van der Waals surface area contributed by atoms with Gasteiger partial charge in [0.1, 0.15) is 6.04 Å². The Labute approximate surface area is 187 Å². The van der Waals surface area contributed by atoms with Crippen LogP contribution in [0.15, 0.2) is 30.3 Å². The summed E-state index contributed by atoms with van der Waals surface area (Å²) in [4.78, 5) is 42.0. The summed E-state index contributed by atoms with van der Waals surface area (Å²) >= 11 is 0. The molecule has 3 amide bonds. The van der Waals surface area contributed by atoms with Gasteiger partial charge in [0.2, 0.25) is 17.7 Å². The molecule has 1 atom stereocenters. The molecule has 1 aliphatic rings. The van der Waals surface area contributed by atoms with Crippen LogP contribution in [-0.2, 0) is 20.8 Å². The molecule has 1 fully saturated rings. The molecule has 0 bridgehead atoms. The average Bonchev–Trinajstić information content (AvgIpc) is 2.77. The number of piperidine rings is 1. The summed E-state index contributed by atoms with van der Waals surface area (Å²) in [6.07, 6.45) is 3.13. The highest BCUT2D eigenvalue weighted by molar-refractivity contribution is 5.88. The van der Waals surface area contributed by atoms with E-state index in [0.29, 0.717) is 39.0 Å². The largest absolute Gasteiger partial charge is 0.344 e. The van der Waals surface area contributed by atoms with Crippen LogP contribution in [0.3, 0.4) is 0 Å². The van der Waals surface area contributed by atoms with Crippen molar-refractivity contribution < 1.29 is 14.4 Å². The maximum absolute atomic E-state index is 13.1. The smallest absolute Gasteiger partial charge is 0.245 e. The number of carbonyl (C=O) groups is 3. The highest BCUT2D eigenvalue weighted by Crippen LogP contribution is 2.23. The Kier molecular flexibility index (Phi) is 10.0. The first-order chi connectivity index (χ1) is 14.8. The molecule has 1 heterocycles. The van der Waals surface area contributed by atoms with E-state index in [9.17, 15) is 14.4 Å². The van der Waals surface area contributed by atoms with Crippen molar-refractivity contribution in [3.05, 3.63) is 35.9 Å². The quantitative estimate of drug-likeness (QED) is 0.621. The van der Waals surface area contributed by atoms with Gasteiger partial charge in [-0.05, 0) is 50.5 Å². The first-order valence-corrected chi connectivity index (χ1v) is 11.8. The predicted octanol–water partition coefficient (Wildman–Crippen LogP) is 3.26. The predicted molar refractivity (Wildman–Crippen MR) is 123 cm³/mol. The van der Waals surface area contributed by atoms with Crippen molar-refractivity contribution in [2.24, 2.45) is 11.8 Å². The van der Waals surface area contributed by atoms with Gasteiger partial charge in [0.15, 0.2) is 0 Å². The van der Waals surface area contributed by atoms with Crippen molar-refractivity contribution in [3.8, 4) is 0 Å². The van der Waals surface area contributed by atoms with Crippen LogP contribution in [0, 0.1) is 11.8 Å². The maximum Gasteiger partial charge on any atom is 0.245 e. The molecule has 0 aliphatic carbocycles. The van der Waals surface area contributed by atoms with Gasteiger partial charge >= 0.3 is 0 Å². The van der Waals surface area contributed by atoms with Gasteiger partial charge in [0, 0.05) is 39.0 Å². The van der Waals surface area contributed by atoms with Gasteiger partial charge in [-0.15, -0.1) is 0 Å². The van der Waals surface area contributed by atoms with Crippen LogP contribution in [-0.4, -0.2) is 59.7 Å². The molecule has 0 aromatic heterocycles. The van der Waals surface area contributed by atoms with Crippen LogP contribution in [0.25, 0.3) is 0 Å². The minimum absolute atomic E-state index is 0.00374. The minimum Gasteiger partial charge on any atom is -0.344 e. The monoisotopic (exact) mass is 429 g/mol. The Morgan fingerprint density at radius 2 is 1.68 bits per heavy atom. The Balaban J connectivity index is 1.95. The summed E-state index contributed by atoms with van der Waals surface area (Å²) in [6.45, 7) is 10.5. The SMILES string of the molecule is CCN(CC)C(=O)C(NC(=O)CC(C)C)C1CCN(C(=O)CCc2ccccc2)CC1. The van der Waals surface area contributed by atoms with Gasteiger partial charge in [-0.3, -0.25) is 14.4 Å². The number of hydrogen-bond donors (Lipinski definition) is 1. The number of amides is 3. The molecule has 2 rings (SSSR count). The highest BCUT2D eigenvalue weighted by Gasteiger charge is 2.35. The number of hydrogen-bond acceptors (Lipinski definition) is 3. The second-order valence-electron chi connectivity index (χ2n) is 8.86. The van der Waals surface area contributed by atoms with E-state index in [1.165, 1.54) is 5.56 Å². The zero-order chi connectivity index (χ0) is 22.8. The van der Waals surface area contributed by atoms with Crippen LogP contribution in [0.4, 0.5) is 0 Å². The van der Waals surface area contributed by atoms with Gasteiger partial charge in [0.05, 0.1) is 0 Å². The Hall–Kier alpha value is -2.37. The van der Waals surface area contributed by atoms with Crippen molar-refractivity contribution >= 4 is 17.7 Å². The summed E-state index contributed by atoms with van der Waals surface area (Å²) < 4.78 is 0. The summed E-state index contributed by atoms with van der Waals surface area (Å²) in [7, 11) is 0. The van der Waals surface area contributed by atoms with E-state index in [-0.39, 0.29) is 29.6 Å². The molecule has 31 heavy (non-hydrogen) atoms. The molecule has 1 aromatic carbocycles. The number of nitrogens with one attached hydrogen (secondary N) is 1. The molecule has 1 aliphatic heterocycles. The lowest BCUT2D eigenvalue weighted by Gasteiger charge is -2.37. The first kappa shape index (κ1) is 24.9. The van der Waals surface area contributed by atoms with Crippen LogP contribution in [0.2, 0.25) is 0 Å². The highest BCUT2D eigenvalue weighted by atomic mass is 16.2. The van der Waals surface area contributed by atoms with Crippen molar-refractivity contribution in [1.29, 1.82) is 0 Å². The van der Waals surface area contributed by atoms with Gasteiger partial charge in [-0.1, -0.05) is 44.2 Å². The molecule has 1 N–H and O–H groups in total. The summed E-state index contributed by atoms with van der Waals surface area (Å²) in [5.74, 6) is 0.395. The zero-order valence-corrected chi connectivity index (χ0v) is 19.6. The topological polar surface area (TPSA) is 69.7 Å². The fourth-order valence-corrected chi connectivity index (χ4v) is 4.25. The standard InChI is InChI=1S/C25H39N3O3/c1-5-27(6-2)25(31)24(26-22(29)18-19(3)4)21-14-16-28(17-15-21)23(30)13-12-20-10-8-7-9-11-20/h7-11,19,21,24H,5-6,12-18H2,1-4H3,(H,26,29). The lowest BCUT2D eigenvalue weighted by molar-refractivity contribution is -0.139. The van der Waals surface area contributed by atoms with E-state index in [0.717, 1.165) is 19.3 Å². The van der Waals surface area contributed by atoms with Gasteiger partial charge < -0.3 is 15.1 Å². The number of benzene rings is 1. The second-order valence-corrected chi connectivity index (χ2v) is 8.86. The molecule has 1 unspecified atom stereocenters. The molecule has 6 heteroatoms. The van der Waals surface area contributed by atoms with Gasteiger partial charge in [-0.2, -0.15) is 0 Å². The molecule has 1 aromatic rings. The van der Waals surface area contributed by atoms with Crippen LogP contribution >= 0.6 is 0 Å². The average molecular weight is 430 g/mol. The van der Waals surface area contributed by atoms with Crippen molar-refractivity contribution in [1.82, 2.24) is 15.1 Å². The number of nitrogens with zero attached hydrogens (tertiary/aromatic N) is 2. The van der Waals surface area contributed by atoms with Gasteiger partial charge in [0.25, 0.3) is 0 Å². The van der Waals surface area contributed by atoms with E-state index in [1.807, 2.05) is 62.9 Å². The molecule has 1 saturated heterocycles. The third-order valence-electron chi connectivity index (χ3n) is 6.09. The summed E-state index contributed by atoms with van der Waals surface area (Å²) in [5.41, 5.74) is 1.17. The van der Waals surface area contributed by atoms with E-state index in [2.05, 4.69) is 5.32 Å². The number of likely N-dealkylation sites (N-methyl/N-ethyl adjacent to an activating group) is 1. The molecular formula is C25H39N3O3.